The highest BCUT2D eigenvalue weighted by atomic mass is 79.9. The number of carbonyl (C=O) groups excluding carboxylic acids is 1. The Kier molecular flexibility index (Phi) is 5.24. The molecule has 22 heavy (non-hydrogen) atoms. The van der Waals surface area contributed by atoms with Crippen molar-refractivity contribution >= 4 is 21.9 Å². The third-order valence-electron chi connectivity index (χ3n) is 2.80. The van der Waals surface area contributed by atoms with Gasteiger partial charge in [-0.1, -0.05) is 36.4 Å². The number of hydrogen-bond donors (Lipinski definition) is 0. The zero-order valence-corrected chi connectivity index (χ0v) is 14.5. The number of rotatable bonds is 4. The van der Waals surface area contributed by atoms with Gasteiger partial charge in [-0.05, 0) is 60.0 Å². The maximum atomic E-state index is 11.7. The van der Waals surface area contributed by atoms with E-state index >= 15 is 0 Å². The van der Waals surface area contributed by atoms with Gasteiger partial charge in [0.05, 0.1) is 4.47 Å². The monoisotopic (exact) mass is 362 g/mol. The van der Waals surface area contributed by atoms with Gasteiger partial charge in [-0.3, -0.25) is 0 Å². The number of ether oxygens (including phenoxy) is 2. The van der Waals surface area contributed by atoms with Crippen LogP contribution in [0.1, 0.15) is 20.8 Å². The topological polar surface area (TPSA) is 35.5 Å². The number of carbonyl (C=O) groups is 1. The van der Waals surface area contributed by atoms with E-state index in [9.17, 15) is 4.79 Å². The van der Waals surface area contributed by atoms with E-state index in [1.807, 2.05) is 69.3 Å². The molecule has 4 heteroatoms. The molecule has 116 valence electrons. The Bertz CT molecular complexity index is 645. The minimum Gasteiger partial charge on any atom is -0.481 e. The molecule has 0 bridgehead atoms. The first-order valence-electron chi connectivity index (χ1n) is 7.05. The third-order valence-corrected chi connectivity index (χ3v) is 3.42. The summed E-state index contributed by atoms with van der Waals surface area (Å²) in [5, 5.41) is 0. The van der Waals surface area contributed by atoms with Crippen LogP contribution in [0, 0.1) is 0 Å². The summed E-state index contributed by atoms with van der Waals surface area (Å²) in [4.78, 5) is 11.7. The number of hydrogen-bond acceptors (Lipinski definition) is 3. The molecule has 2 aromatic carbocycles. The Morgan fingerprint density at radius 2 is 1.73 bits per heavy atom. The lowest BCUT2D eigenvalue weighted by Gasteiger charge is -2.19. The molecule has 3 nitrogen and oxygen atoms in total. The summed E-state index contributed by atoms with van der Waals surface area (Å²) in [5.41, 5.74) is 1.70. The lowest BCUT2D eigenvalue weighted by atomic mass is 10.1. The van der Waals surface area contributed by atoms with Gasteiger partial charge in [0.1, 0.15) is 11.4 Å². The Morgan fingerprint density at radius 1 is 1.05 bits per heavy atom. The molecule has 0 aliphatic carbocycles. The van der Waals surface area contributed by atoms with E-state index in [1.54, 1.807) is 0 Å². The first kappa shape index (κ1) is 16.6. The van der Waals surface area contributed by atoms with Gasteiger partial charge in [0, 0.05) is 0 Å². The van der Waals surface area contributed by atoms with E-state index in [2.05, 4.69) is 15.9 Å². The van der Waals surface area contributed by atoms with Gasteiger partial charge in [-0.15, -0.1) is 0 Å². The summed E-state index contributed by atoms with van der Waals surface area (Å²) in [6.07, 6.45) is 0. The third kappa shape index (κ3) is 4.88. The predicted molar refractivity (Wildman–Crippen MR) is 90.9 cm³/mol. The molecule has 0 atom stereocenters. The number of benzene rings is 2. The highest BCUT2D eigenvalue weighted by molar-refractivity contribution is 9.10. The van der Waals surface area contributed by atoms with Gasteiger partial charge in [0.15, 0.2) is 6.61 Å². The van der Waals surface area contributed by atoms with Gasteiger partial charge in [0.25, 0.3) is 0 Å². The molecule has 0 fully saturated rings. The molecule has 0 amide bonds. The SMILES string of the molecule is CC(C)(C)OC(=O)COc1ccc(-c2ccccc2)cc1Br. The first-order valence-corrected chi connectivity index (χ1v) is 7.84. The normalized spacial score (nSPS) is 11.1. The molecule has 0 radical (unpaired) electrons. The van der Waals surface area contributed by atoms with Crippen LogP contribution < -0.4 is 4.74 Å². The van der Waals surface area contributed by atoms with Crippen LogP contribution in [0.2, 0.25) is 0 Å². The van der Waals surface area contributed by atoms with Crippen LogP contribution in [0.25, 0.3) is 11.1 Å². The summed E-state index contributed by atoms with van der Waals surface area (Å²) in [6, 6.07) is 15.8. The maximum Gasteiger partial charge on any atom is 0.344 e. The smallest absolute Gasteiger partial charge is 0.344 e. The molecule has 2 rings (SSSR count). The van der Waals surface area contributed by atoms with Crippen molar-refractivity contribution in [2.24, 2.45) is 0 Å². The van der Waals surface area contributed by atoms with Gasteiger partial charge < -0.3 is 9.47 Å². The Labute approximate surface area is 139 Å². The molecule has 0 aromatic heterocycles. The minimum atomic E-state index is -0.505. The molecule has 0 heterocycles. The molecular formula is C18H19BrO3. The largest absolute Gasteiger partial charge is 0.481 e. The molecule has 0 aliphatic rings. The van der Waals surface area contributed by atoms with Crippen molar-refractivity contribution in [3.63, 3.8) is 0 Å². The lowest BCUT2D eigenvalue weighted by molar-refractivity contribution is -0.157. The second-order valence-corrected chi connectivity index (χ2v) is 6.74. The Balaban J connectivity index is 2.03. The molecule has 0 saturated heterocycles. The number of halogens is 1. The number of esters is 1. The van der Waals surface area contributed by atoms with Crippen molar-refractivity contribution in [1.82, 2.24) is 0 Å². The molecule has 0 unspecified atom stereocenters. The van der Waals surface area contributed by atoms with Crippen molar-refractivity contribution in [2.45, 2.75) is 26.4 Å². The fourth-order valence-electron chi connectivity index (χ4n) is 1.94. The van der Waals surface area contributed by atoms with Gasteiger partial charge in [0.2, 0.25) is 0 Å². The zero-order valence-electron chi connectivity index (χ0n) is 12.9. The summed E-state index contributed by atoms with van der Waals surface area (Å²) >= 11 is 3.48. The highest BCUT2D eigenvalue weighted by Crippen LogP contribution is 2.30. The molecule has 0 N–H and O–H groups in total. The van der Waals surface area contributed by atoms with Crippen molar-refractivity contribution in [2.75, 3.05) is 6.61 Å². The fraction of sp³-hybridized carbons (Fsp3) is 0.278. The van der Waals surface area contributed by atoms with Crippen LogP contribution >= 0.6 is 15.9 Å². The van der Waals surface area contributed by atoms with Crippen molar-refractivity contribution in [3.05, 3.63) is 53.0 Å². The van der Waals surface area contributed by atoms with Gasteiger partial charge in [-0.2, -0.15) is 0 Å². The van der Waals surface area contributed by atoms with Gasteiger partial charge >= 0.3 is 5.97 Å². The van der Waals surface area contributed by atoms with E-state index < -0.39 is 5.60 Å². The van der Waals surface area contributed by atoms with E-state index in [4.69, 9.17) is 9.47 Å². The van der Waals surface area contributed by atoms with E-state index in [-0.39, 0.29) is 12.6 Å². The minimum absolute atomic E-state index is 0.111. The van der Waals surface area contributed by atoms with Crippen LogP contribution in [0.3, 0.4) is 0 Å². The first-order chi connectivity index (χ1) is 10.3. The summed E-state index contributed by atoms with van der Waals surface area (Å²) in [5.74, 6) is 0.233. The zero-order chi connectivity index (χ0) is 16.2. The molecular weight excluding hydrogens is 344 g/mol. The second-order valence-electron chi connectivity index (χ2n) is 5.89. The predicted octanol–water partition coefficient (Wildman–Crippen LogP) is 4.84. The van der Waals surface area contributed by atoms with Gasteiger partial charge in [-0.25, -0.2) is 4.79 Å². The molecule has 0 spiro atoms. The average Bonchev–Trinajstić information content (AvgIpc) is 2.45. The van der Waals surface area contributed by atoms with Crippen molar-refractivity contribution < 1.29 is 14.3 Å². The summed E-state index contributed by atoms with van der Waals surface area (Å²) < 4.78 is 11.5. The van der Waals surface area contributed by atoms with E-state index in [1.165, 1.54) is 0 Å². The highest BCUT2D eigenvalue weighted by Gasteiger charge is 2.17. The summed E-state index contributed by atoms with van der Waals surface area (Å²) in [6.45, 7) is 5.38. The molecule has 0 aliphatic heterocycles. The van der Waals surface area contributed by atoms with E-state index in [0.29, 0.717) is 5.75 Å². The quantitative estimate of drug-likeness (QED) is 0.730. The second kappa shape index (κ2) is 6.97. The van der Waals surface area contributed by atoms with Crippen LogP contribution in [-0.4, -0.2) is 18.2 Å². The van der Waals surface area contributed by atoms with Crippen LogP contribution in [0.15, 0.2) is 53.0 Å². The summed E-state index contributed by atoms with van der Waals surface area (Å²) in [7, 11) is 0. The van der Waals surface area contributed by atoms with Crippen LogP contribution in [-0.2, 0) is 9.53 Å². The van der Waals surface area contributed by atoms with E-state index in [0.717, 1.165) is 15.6 Å². The van der Waals surface area contributed by atoms with Crippen molar-refractivity contribution in [1.29, 1.82) is 0 Å². The lowest BCUT2D eigenvalue weighted by Crippen LogP contribution is -2.27. The fourth-order valence-corrected chi connectivity index (χ4v) is 2.43. The van der Waals surface area contributed by atoms with Crippen LogP contribution in [0.5, 0.6) is 5.75 Å². The maximum absolute atomic E-state index is 11.7. The average molecular weight is 363 g/mol. The Morgan fingerprint density at radius 3 is 2.32 bits per heavy atom. The molecule has 2 aromatic rings. The van der Waals surface area contributed by atoms with Crippen LogP contribution in [0.4, 0.5) is 0 Å². The van der Waals surface area contributed by atoms with Crippen molar-refractivity contribution in [3.8, 4) is 16.9 Å². The molecule has 0 saturated carbocycles. The standard InChI is InChI=1S/C18H19BrO3/c1-18(2,3)22-17(20)12-21-16-10-9-14(11-15(16)19)13-7-5-4-6-8-13/h4-11H,12H2,1-3H3. The Hall–Kier alpha value is -1.81.